The van der Waals surface area contributed by atoms with Gasteiger partial charge in [0.15, 0.2) is 0 Å². The van der Waals surface area contributed by atoms with Crippen LogP contribution in [0.3, 0.4) is 0 Å². The van der Waals surface area contributed by atoms with Gasteiger partial charge in [-0.15, -0.1) is 0 Å². The average molecular weight is 253 g/mol. The Balaban J connectivity index is 2.00. The molecule has 18 heavy (non-hydrogen) atoms. The number of ether oxygens (including phenoxy) is 1. The van der Waals surface area contributed by atoms with E-state index in [9.17, 15) is 5.11 Å². The standard InChI is InChI=1S/C11H19N5O2/c1-8-6-13-10(16-12)15-9(8)14-7-11(17)2-4-18-5-3-11/h6,17H,2-5,7,12H2,1H3,(H2,13,14,15,16). The first kappa shape index (κ1) is 13.0. The third-order valence-corrected chi connectivity index (χ3v) is 3.11. The summed E-state index contributed by atoms with van der Waals surface area (Å²) in [6.45, 7) is 3.53. The number of hydrazine groups is 1. The zero-order chi connectivity index (χ0) is 13.0. The maximum absolute atomic E-state index is 10.3. The number of aromatic nitrogens is 2. The first-order valence-corrected chi connectivity index (χ1v) is 5.97. The molecule has 0 unspecified atom stereocenters. The fourth-order valence-corrected chi connectivity index (χ4v) is 1.87. The summed E-state index contributed by atoms with van der Waals surface area (Å²) < 4.78 is 5.24. The van der Waals surface area contributed by atoms with E-state index in [0.29, 0.717) is 44.4 Å². The van der Waals surface area contributed by atoms with Gasteiger partial charge >= 0.3 is 0 Å². The molecule has 1 aromatic rings. The minimum absolute atomic E-state index is 0.349. The average Bonchev–Trinajstić information content (AvgIpc) is 2.39. The first-order valence-electron chi connectivity index (χ1n) is 5.97. The molecular weight excluding hydrogens is 234 g/mol. The predicted octanol–water partition coefficient (Wildman–Crippen LogP) is 0.0240. The molecule has 0 saturated carbocycles. The van der Waals surface area contributed by atoms with Crippen molar-refractivity contribution in [3.8, 4) is 0 Å². The predicted molar refractivity (Wildman–Crippen MR) is 68.1 cm³/mol. The fourth-order valence-electron chi connectivity index (χ4n) is 1.87. The smallest absolute Gasteiger partial charge is 0.239 e. The van der Waals surface area contributed by atoms with Crippen LogP contribution in [0.4, 0.5) is 11.8 Å². The number of anilines is 2. The van der Waals surface area contributed by atoms with Crippen molar-refractivity contribution in [2.45, 2.75) is 25.4 Å². The summed E-state index contributed by atoms with van der Waals surface area (Å²) in [5.41, 5.74) is 2.57. The van der Waals surface area contributed by atoms with Crippen LogP contribution in [-0.4, -0.2) is 40.4 Å². The van der Waals surface area contributed by atoms with Gasteiger partial charge in [0.25, 0.3) is 0 Å². The Labute approximate surface area is 106 Å². The van der Waals surface area contributed by atoms with Gasteiger partial charge in [-0.3, -0.25) is 5.43 Å². The number of nitrogens with two attached hydrogens (primary N) is 1. The number of nitrogens with zero attached hydrogens (tertiary/aromatic N) is 2. The third-order valence-electron chi connectivity index (χ3n) is 3.11. The number of hydrogen-bond donors (Lipinski definition) is 4. The van der Waals surface area contributed by atoms with Crippen LogP contribution in [-0.2, 0) is 4.74 Å². The Morgan fingerprint density at radius 3 is 2.89 bits per heavy atom. The molecule has 0 radical (unpaired) electrons. The van der Waals surface area contributed by atoms with Crippen molar-refractivity contribution in [2.24, 2.45) is 5.84 Å². The van der Waals surface area contributed by atoms with E-state index in [1.807, 2.05) is 6.92 Å². The van der Waals surface area contributed by atoms with Crippen molar-refractivity contribution >= 4 is 11.8 Å². The molecule has 0 atom stereocenters. The molecule has 7 heteroatoms. The topological polar surface area (TPSA) is 105 Å². The number of hydrogen-bond acceptors (Lipinski definition) is 7. The van der Waals surface area contributed by atoms with Gasteiger partial charge in [0.05, 0.1) is 5.60 Å². The van der Waals surface area contributed by atoms with Crippen LogP contribution < -0.4 is 16.6 Å². The summed E-state index contributed by atoms with van der Waals surface area (Å²) in [4.78, 5) is 8.21. The van der Waals surface area contributed by atoms with E-state index in [0.717, 1.165) is 5.56 Å². The second kappa shape index (κ2) is 5.47. The summed E-state index contributed by atoms with van der Waals surface area (Å²) >= 11 is 0. The second-order valence-corrected chi connectivity index (χ2v) is 4.56. The van der Waals surface area contributed by atoms with Gasteiger partial charge in [-0.25, -0.2) is 10.8 Å². The Hall–Kier alpha value is -1.44. The molecular formula is C11H19N5O2. The Morgan fingerprint density at radius 2 is 2.22 bits per heavy atom. The molecule has 0 spiro atoms. The molecule has 1 aromatic heterocycles. The van der Waals surface area contributed by atoms with Crippen molar-refractivity contribution in [3.05, 3.63) is 11.8 Å². The summed E-state index contributed by atoms with van der Waals surface area (Å²) in [5, 5.41) is 13.5. The highest BCUT2D eigenvalue weighted by molar-refractivity contribution is 5.46. The maximum atomic E-state index is 10.3. The molecule has 0 aliphatic carbocycles. The molecule has 1 fully saturated rings. The normalized spacial score (nSPS) is 18.4. The van der Waals surface area contributed by atoms with E-state index in [1.54, 1.807) is 6.20 Å². The molecule has 2 heterocycles. The van der Waals surface area contributed by atoms with Gasteiger partial charge < -0.3 is 15.2 Å². The van der Waals surface area contributed by atoms with Crippen molar-refractivity contribution in [2.75, 3.05) is 30.5 Å². The Kier molecular flexibility index (Phi) is 3.95. The highest BCUT2D eigenvalue weighted by Gasteiger charge is 2.29. The lowest BCUT2D eigenvalue weighted by Gasteiger charge is -2.32. The minimum atomic E-state index is -0.730. The lowest BCUT2D eigenvalue weighted by molar-refractivity contribution is -0.0543. The molecule has 0 amide bonds. The summed E-state index contributed by atoms with van der Waals surface area (Å²) in [6.07, 6.45) is 2.94. The number of aliphatic hydroxyl groups is 1. The molecule has 100 valence electrons. The lowest BCUT2D eigenvalue weighted by atomic mass is 9.94. The SMILES string of the molecule is Cc1cnc(NN)nc1NCC1(O)CCOCC1. The molecule has 1 aliphatic rings. The van der Waals surface area contributed by atoms with E-state index >= 15 is 0 Å². The van der Waals surface area contributed by atoms with Gasteiger partial charge in [0.2, 0.25) is 5.95 Å². The Morgan fingerprint density at radius 1 is 1.50 bits per heavy atom. The number of rotatable bonds is 4. The van der Waals surface area contributed by atoms with Gasteiger partial charge in [0, 0.05) is 44.4 Å². The number of nitrogens with one attached hydrogen (secondary N) is 2. The summed E-state index contributed by atoms with van der Waals surface area (Å²) in [7, 11) is 0. The fraction of sp³-hybridized carbons (Fsp3) is 0.636. The summed E-state index contributed by atoms with van der Waals surface area (Å²) in [6, 6.07) is 0. The van der Waals surface area contributed by atoms with Gasteiger partial charge in [-0.05, 0) is 6.92 Å². The molecule has 1 saturated heterocycles. The molecule has 5 N–H and O–H groups in total. The van der Waals surface area contributed by atoms with Crippen LogP contribution in [0.1, 0.15) is 18.4 Å². The van der Waals surface area contributed by atoms with E-state index in [2.05, 4.69) is 20.7 Å². The minimum Gasteiger partial charge on any atom is -0.388 e. The van der Waals surface area contributed by atoms with Crippen molar-refractivity contribution in [1.29, 1.82) is 0 Å². The maximum Gasteiger partial charge on any atom is 0.239 e. The highest BCUT2D eigenvalue weighted by Crippen LogP contribution is 2.21. The first-order chi connectivity index (χ1) is 8.63. The van der Waals surface area contributed by atoms with Crippen molar-refractivity contribution in [3.63, 3.8) is 0 Å². The molecule has 0 bridgehead atoms. The van der Waals surface area contributed by atoms with Gasteiger partial charge in [-0.1, -0.05) is 0 Å². The van der Waals surface area contributed by atoms with Crippen LogP contribution >= 0.6 is 0 Å². The number of nitrogen functional groups attached to an aromatic ring is 1. The third kappa shape index (κ3) is 3.06. The zero-order valence-electron chi connectivity index (χ0n) is 10.4. The van der Waals surface area contributed by atoms with Crippen LogP contribution in [0.5, 0.6) is 0 Å². The van der Waals surface area contributed by atoms with Crippen LogP contribution in [0.25, 0.3) is 0 Å². The largest absolute Gasteiger partial charge is 0.388 e. The van der Waals surface area contributed by atoms with E-state index in [1.165, 1.54) is 0 Å². The van der Waals surface area contributed by atoms with Gasteiger partial charge in [0.1, 0.15) is 5.82 Å². The van der Waals surface area contributed by atoms with Crippen LogP contribution in [0, 0.1) is 6.92 Å². The molecule has 7 nitrogen and oxygen atoms in total. The van der Waals surface area contributed by atoms with Crippen molar-refractivity contribution < 1.29 is 9.84 Å². The van der Waals surface area contributed by atoms with Crippen LogP contribution in [0.15, 0.2) is 6.20 Å². The second-order valence-electron chi connectivity index (χ2n) is 4.56. The zero-order valence-corrected chi connectivity index (χ0v) is 10.4. The highest BCUT2D eigenvalue weighted by atomic mass is 16.5. The molecule has 1 aliphatic heterocycles. The number of aryl methyl sites for hydroxylation is 1. The quantitative estimate of drug-likeness (QED) is 0.443. The van der Waals surface area contributed by atoms with E-state index in [4.69, 9.17) is 10.6 Å². The van der Waals surface area contributed by atoms with Crippen LogP contribution in [0.2, 0.25) is 0 Å². The summed E-state index contributed by atoms with van der Waals surface area (Å²) in [5.74, 6) is 6.29. The van der Waals surface area contributed by atoms with E-state index < -0.39 is 5.60 Å². The van der Waals surface area contributed by atoms with E-state index in [-0.39, 0.29) is 0 Å². The molecule has 2 rings (SSSR count). The lowest BCUT2D eigenvalue weighted by Crippen LogP contribution is -2.42. The Bertz CT molecular complexity index is 406. The monoisotopic (exact) mass is 253 g/mol. The molecule has 0 aromatic carbocycles. The van der Waals surface area contributed by atoms with Crippen molar-refractivity contribution in [1.82, 2.24) is 9.97 Å². The van der Waals surface area contributed by atoms with Gasteiger partial charge in [-0.2, -0.15) is 4.98 Å².